The van der Waals surface area contributed by atoms with E-state index in [9.17, 15) is 0 Å². The SMILES string of the molecule is Cc1cc(C)c(B(c2ccccc2-c2nc3ccccc3n2C)c2c(C)cc(C)cc2C)c(C)c1. The summed E-state index contributed by atoms with van der Waals surface area (Å²) in [5.41, 5.74) is 15.4. The van der Waals surface area contributed by atoms with Crippen molar-refractivity contribution < 1.29 is 0 Å². The summed E-state index contributed by atoms with van der Waals surface area (Å²) in [7, 11) is 2.13. The molecule has 0 saturated heterocycles. The average Bonchev–Trinajstić information content (AvgIpc) is 3.13. The van der Waals surface area contributed by atoms with Crippen LogP contribution in [-0.4, -0.2) is 16.3 Å². The average molecular weight is 456 g/mol. The predicted octanol–water partition coefficient (Wildman–Crippen LogP) is 5.61. The number of aromatic nitrogens is 2. The summed E-state index contributed by atoms with van der Waals surface area (Å²) in [6.45, 7) is 13.5. The van der Waals surface area contributed by atoms with E-state index in [1.54, 1.807) is 0 Å². The second-order valence-electron chi connectivity index (χ2n) is 10.1. The molecule has 0 aliphatic rings. The Hall–Kier alpha value is -3.59. The first-order valence-corrected chi connectivity index (χ1v) is 12.4. The Labute approximate surface area is 209 Å². The third kappa shape index (κ3) is 3.99. The van der Waals surface area contributed by atoms with Crippen molar-refractivity contribution in [1.82, 2.24) is 9.55 Å². The molecule has 0 saturated carbocycles. The van der Waals surface area contributed by atoms with Crippen LogP contribution in [0.1, 0.15) is 33.4 Å². The number of fused-ring (bicyclic) bond motifs is 1. The maximum atomic E-state index is 5.09. The zero-order chi connectivity index (χ0) is 24.9. The standard InChI is InChI=1S/C32H33BN2/c1-20-16-22(3)30(23(4)17-20)33(31-24(5)18-21(2)19-25(31)6)27-13-9-8-12-26(27)32-34-28-14-10-11-15-29(28)35(32)7/h8-19H,1-7H3. The fourth-order valence-corrected chi connectivity index (χ4v) is 6.09. The summed E-state index contributed by atoms with van der Waals surface area (Å²) < 4.78 is 2.23. The van der Waals surface area contributed by atoms with Gasteiger partial charge >= 0.3 is 0 Å². The number of para-hydroxylation sites is 2. The largest absolute Gasteiger partial charge is 0.327 e. The van der Waals surface area contributed by atoms with Gasteiger partial charge in [0.1, 0.15) is 5.82 Å². The predicted molar refractivity (Wildman–Crippen MR) is 152 cm³/mol. The van der Waals surface area contributed by atoms with Crippen LogP contribution in [0.2, 0.25) is 0 Å². The molecule has 0 spiro atoms. The highest BCUT2D eigenvalue weighted by Crippen LogP contribution is 2.24. The zero-order valence-electron chi connectivity index (χ0n) is 21.9. The molecule has 35 heavy (non-hydrogen) atoms. The van der Waals surface area contributed by atoms with Crippen molar-refractivity contribution in [2.24, 2.45) is 7.05 Å². The molecule has 0 amide bonds. The van der Waals surface area contributed by atoms with Crippen molar-refractivity contribution in [2.75, 3.05) is 0 Å². The number of hydrogen-bond donors (Lipinski definition) is 0. The molecular formula is C32H33BN2. The minimum Gasteiger partial charge on any atom is -0.327 e. The molecule has 0 radical (unpaired) electrons. The lowest BCUT2D eigenvalue weighted by Crippen LogP contribution is -2.56. The van der Waals surface area contributed by atoms with E-state index in [2.05, 4.69) is 126 Å². The van der Waals surface area contributed by atoms with Gasteiger partial charge < -0.3 is 4.57 Å². The van der Waals surface area contributed by atoms with Crippen molar-refractivity contribution in [3.63, 3.8) is 0 Å². The van der Waals surface area contributed by atoms with E-state index < -0.39 is 0 Å². The van der Waals surface area contributed by atoms with E-state index in [0.717, 1.165) is 16.9 Å². The lowest BCUT2D eigenvalue weighted by Gasteiger charge is -2.26. The highest BCUT2D eigenvalue weighted by Gasteiger charge is 2.31. The lowest BCUT2D eigenvalue weighted by molar-refractivity contribution is 0.960. The second kappa shape index (κ2) is 8.89. The number of benzene rings is 4. The maximum absolute atomic E-state index is 5.09. The fraction of sp³-hybridized carbons (Fsp3) is 0.219. The van der Waals surface area contributed by atoms with Gasteiger partial charge in [0.2, 0.25) is 6.71 Å². The molecule has 0 N–H and O–H groups in total. The van der Waals surface area contributed by atoms with Crippen LogP contribution in [0.15, 0.2) is 72.8 Å². The fourth-order valence-electron chi connectivity index (χ4n) is 6.09. The number of imidazole rings is 1. The quantitative estimate of drug-likeness (QED) is 0.322. The first kappa shape index (κ1) is 23.2. The molecule has 2 nitrogen and oxygen atoms in total. The molecule has 0 atom stereocenters. The maximum Gasteiger partial charge on any atom is 0.243 e. The Morgan fingerprint density at radius 3 is 1.66 bits per heavy atom. The summed E-state index contributed by atoms with van der Waals surface area (Å²) >= 11 is 0. The Morgan fingerprint density at radius 1 is 0.629 bits per heavy atom. The van der Waals surface area contributed by atoms with Gasteiger partial charge in [0, 0.05) is 12.6 Å². The molecule has 0 aliphatic carbocycles. The molecule has 1 heterocycles. The van der Waals surface area contributed by atoms with Crippen molar-refractivity contribution >= 4 is 34.1 Å². The van der Waals surface area contributed by atoms with E-state index in [1.165, 1.54) is 55.3 Å². The van der Waals surface area contributed by atoms with Gasteiger partial charge in [0.15, 0.2) is 0 Å². The normalized spacial score (nSPS) is 11.3. The monoisotopic (exact) mass is 456 g/mol. The van der Waals surface area contributed by atoms with Crippen LogP contribution in [0.3, 0.4) is 0 Å². The molecule has 0 unspecified atom stereocenters. The Morgan fingerprint density at radius 2 is 1.11 bits per heavy atom. The van der Waals surface area contributed by atoms with Crippen molar-refractivity contribution in [3.8, 4) is 11.4 Å². The van der Waals surface area contributed by atoms with Gasteiger partial charge in [0.05, 0.1) is 11.0 Å². The molecule has 0 fully saturated rings. The van der Waals surface area contributed by atoms with Crippen LogP contribution >= 0.6 is 0 Å². The smallest absolute Gasteiger partial charge is 0.243 e. The first-order chi connectivity index (χ1) is 16.8. The Balaban J connectivity index is 1.86. The lowest BCUT2D eigenvalue weighted by atomic mass is 9.33. The zero-order valence-corrected chi connectivity index (χ0v) is 21.9. The van der Waals surface area contributed by atoms with Gasteiger partial charge in [0.25, 0.3) is 0 Å². The van der Waals surface area contributed by atoms with E-state index >= 15 is 0 Å². The number of aryl methyl sites for hydroxylation is 7. The van der Waals surface area contributed by atoms with Crippen molar-refractivity contribution in [2.45, 2.75) is 41.5 Å². The van der Waals surface area contributed by atoms with Gasteiger partial charge in [-0.05, 0) is 53.7 Å². The molecule has 1 aromatic heterocycles. The summed E-state index contributed by atoms with van der Waals surface area (Å²) in [4.78, 5) is 5.09. The molecule has 0 aliphatic heterocycles. The summed E-state index contributed by atoms with van der Waals surface area (Å²) in [5.74, 6) is 1.01. The highest BCUT2D eigenvalue weighted by molar-refractivity contribution is 6.97. The van der Waals surface area contributed by atoms with Crippen LogP contribution in [-0.2, 0) is 7.05 Å². The van der Waals surface area contributed by atoms with E-state index in [4.69, 9.17) is 4.98 Å². The van der Waals surface area contributed by atoms with Gasteiger partial charge in [-0.2, -0.15) is 0 Å². The van der Waals surface area contributed by atoms with E-state index in [-0.39, 0.29) is 6.71 Å². The summed E-state index contributed by atoms with van der Waals surface area (Å²) in [5, 5.41) is 0. The van der Waals surface area contributed by atoms with Crippen LogP contribution in [0.4, 0.5) is 0 Å². The minimum atomic E-state index is 0.118. The van der Waals surface area contributed by atoms with Crippen LogP contribution in [0.25, 0.3) is 22.4 Å². The molecule has 4 aromatic carbocycles. The van der Waals surface area contributed by atoms with Gasteiger partial charge in [-0.15, -0.1) is 0 Å². The molecule has 0 bridgehead atoms. The Bertz CT molecular complexity index is 1470. The molecule has 3 heteroatoms. The number of rotatable bonds is 4. The number of nitrogens with zero attached hydrogens (tertiary/aromatic N) is 2. The van der Waals surface area contributed by atoms with E-state index in [0.29, 0.717) is 0 Å². The first-order valence-electron chi connectivity index (χ1n) is 12.4. The third-order valence-corrected chi connectivity index (χ3v) is 7.35. The van der Waals surface area contributed by atoms with Crippen LogP contribution < -0.4 is 16.4 Å². The van der Waals surface area contributed by atoms with Gasteiger partial charge in [-0.25, -0.2) is 4.98 Å². The van der Waals surface area contributed by atoms with Gasteiger partial charge in [-0.3, -0.25) is 0 Å². The minimum absolute atomic E-state index is 0.118. The summed E-state index contributed by atoms with van der Waals surface area (Å²) in [6, 6.07) is 26.5. The summed E-state index contributed by atoms with van der Waals surface area (Å²) in [6.07, 6.45) is 0. The highest BCUT2D eigenvalue weighted by atomic mass is 15.1. The molecular weight excluding hydrogens is 423 g/mol. The van der Waals surface area contributed by atoms with Crippen LogP contribution in [0.5, 0.6) is 0 Å². The topological polar surface area (TPSA) is 17.8 Å². The Kier molecular flexibility index (Phi) is 5.88. The van der Waals surface area contributed by atoms with Gasteiger partial charge in [-0.1, -0.05) is 110 Å². The molecule has 5 rings (SSSR count). The van der Waals surface area contributed by atoms with Crippen molar-refractivity contribution in [1.29, 1.82) is 0 Å². The van der Waals surface area contributed by atoms with Crippen molar-refractivity contribution in [3.05, 3.63) is 106 Å². The second-order valence-corrected chi connectivity index (χ2v) is 10.1. The molecule has 174 valence electrons. The number of hydrogen-bond acceptors (Lipinski definition) is 1. The molecule has 5 aromatic rings. The van der Waals surface area contributed by atoms with Crippen LogP contribution in [0, 0.1) is 41.5 Å². The van der Waals surface area contributed by atoms with E-state index in [1.807, 2.05) is 0 Å². The third-order valence-electron chi connectivity index (χ3n) is 7.35.